The first kappa shape index (κ1) is 19.5. The molecule has 2 aromatic carbocycles. The van der Waals surface area contributed by atoms with Crippen LogP contribution in [0.25, 0.3) is 11.3 Å². The lowest BCUT2D eigenvalue weighted by Gasteiger charge is -2.05. The van der Waals surface area contributed by atoms with Crippen LogP contribution in [-0.2, 0) is 4.79 Å². The fourth-order valence-electron chi connectivity index (χ4n) is 2.26. The molecule has 1 N–H and O–H groups in total. The average molecular weight is 414 g/mol. The number of hydrazone groups is 1. The Labute approximate surface area is 170 Å². The van der Waals surface area contributed by atoms with Gasteiger partial charge in [0.1, 0.15) is 23.3 Å². The van der Waals surface area contributed by atoms with Crippen LogP contribution >= 0.6 is 23.2 Å². The number of carbonyl (C=O) groups excluding carboxylic acids is 1. The fraction of sp³-hybridized carbons (Fsp3) is 0.0500. The lowest BCUT2D eigenvalue weighted by Crippen LogP contribution is -2.24. The van der Waals surface area contributed by atoms with E-state index in [1.807, 2.05) is 6.07 Å². The molecular weight excluding hydrogens is 401 g/mol. The molecule has 1 aromatic heterocycles. The monoisotopic (exact) mass is 413 g/mol. The van der Waals surface area contributed by atoms with Crippen LogP contribution in [0.3, 0.4) is 0 Å². The Morgan fingerprint density at radius 3 is 2.79 bits per heavy atom. The number of benzene rings is 2. The van der Waals surface area contributed by atoms with E-state index in [4.69, 9.17) is 37.6 Å². The highest BCUT2D eigenvalue weighted by atomic mass is 35.5. The summed E-state index contributed by atoms with van der Waals surface area (Å²) in [6.07, 6.45) is 1.36. The molecule has 8 heteroatoms. The second kappa shape index (κ2) is 9.09. The third kappa shape index (κ3) is 4.92. The van der Waals surface area contributed by atoms with Crippen molar-refractivity contribution in [3.05, 3.63) is 76.0 Å². The van der Waals surface area contributed by atoms with Crippen molar-refractivity contribution < 1.29 is 13.9 Å². The summed E-state index contributed by atoms with van der Waals surface area (Å²) in [5.41, 5.74) is 3.45. The third-order valence-electron chi connectivity index (χ3n) is 3.58. The van der Waals surface area contributed by atoms with E-state index >= 15 is 0 Å². The smallest absolute Gasteiger partial charge is 0.277 e. The summed E-state index contributed by atoms with van der Waals surface area (Å²) in [4.78, 5) is 11.8. The van der Waals surface area contributed by atoms with Crippen molar-refractivity contribution >= 4 is 35.3 Å². The molecule has 0 saturated heterocycles. The number of carbonyl (C=O) groups is 1. The second-order valence-electron chi connectivity index (χ2n) is 5.52. The zero-order valence-corrected chi connectivity index (χ0v) is 15.9. The van der Waals surface area contributed by atoms with Gasteiger partial charge in [-0.25, -0.2) is 5.43 Å². The number of para-hydroxylation sites is 1. The highest BCUT2D eigenvalue weighted by Crippen LogP contribution is 2.29. The van der Waals surface area contributed by atoms with Crippen molar-refractivity contribution in [1.82, 2.24) is 5.43 Å². The van der Waals surface area contributed by atoms with Gasteiger partial charge < -0.3 is 9.15 Å². The van der Waals surface area contributed by atoms with Crippen LogP contribution in [0.5, 0.6) is 5.75 Å². The molecule has 3 rings (SSSR count). The number of halogens is 2. The number of rotatable bonds is 6. The van der Waals surface area contributed by atoms with Crippen LogP contribution in [-0.4, -0.2) is 18.7 Å². The number of ether oxygens (including phenoxy) is 1. The Hall–Kier alpha value is -3.27. The van der Waals surface area contributed by atoms with Gasteiger partial charge >= 0.3 is 0 Å². The van der Waals surface area contributed by atoms with E-state index in [0.717, 1.165) is 5.56 Å². The molecule has 0 fully saturated rings. The van der Waals surface area contributed by atoms with Gasteiger partial charge in [-0.1, -0.05) is 35.3 Å². The van der Waals surface area contributed by atoms with Crippen molar-refractivity contribution in [2.24, 2.45) is 5.10 Å². The summed E-state index contributed by atoms with van der Waals surface area (Å²) in [5, 5.41) is 13.7. The molecule has 0 atom stereocenters. The minimum absolute atomic E-state index is 0.275. The normalized spacial score (nSPS) is 10.6. The molecule has 0 unspecified atom stereocenters. The summed E-state index contributed by atoms with van der Waals surface area (Å²) in [6.45, 7) is -0.275. The van der Waals surface area contributed by atoms with Crippen molar-refractivity contribution in [3.8, 4) is 23.1 Å². The molecule has 28 heavy (non-hydrogen) atoms. The largest absolute Gasteiger partial charge is 0.482 e. The fourth-order valence-corrected chi connectivity index (χ4v) is 2.55. The van der Waals surface area contributed by atoms with Crippen LogP contribution in [0.2, 0.25) is 10.0 Å². The van der Waals surface area contributed by atoms with Crippen LogP contribution in [0.1, 0.15) is 11.3 Å². The summed E-state index contributed by atoms with van der Waals surface area (Å²) >= 11 is 11.9. The van der Waals surface area contributed by atoms with E-state index in [1.165, 1.54) is 6.21 Å². The first-order chi connectivity index (χ1) is 13.6. The Balaban J connectivity index is 1.55. The standard InChI is InChI=1S/C20H13Cl2N3O3/c21-16-7-5-13(9-17(16)22)19-8-6-15(28-19)11-24-25-20(26)12-27-18-4-2-1-3-14(18)10-23/h1-9,11H,12H2,(H,25,26). The number of amides is 1. The minimum atomic E-state index is -0.472. The number of hydrogen-bond acceptors (Lipinski definition) is 5. The number of nitriles is 1. The predicted octanol–water partition coefficient (Wildman–Crippen LogP) is 4.65. The Bertz CT molecular complexity index is 1070. The molecule has 0 aliphatic heterocycles. The molecule has 3 aromatic rings. The number of nitrogens with zero attached hydrogens (tertiary/aromatic N) is 2. The molecule has 0 saturated carbocycles. The molecule has 0 aliphatic carbocycles. The first-order valence-electron chi connectivity index (χ1n) is 8.06. The Morgan fingerprint density at radius 1 is 1.18 bits per heavy atom. The third-order valence-corrected chi connectivity index (χ3v) is 4.32. The topological polar surface area (TPSA) is 87.6 Å². The predicted molar refractivity (Wildman–Crippen MR) is 107 cm³/mol. The molecule has 140 valence electrons. The van der Waals surface area contributed by atoms with Gasteiger partial charge in [0.2, 0.25) is 0 Å². The molecule has 1 amide bonds. The summed E-state index contributed by atoms with van der Waals surface area (Å²) < 4.78 is 11.0. The van der Waals surface area contributed by atoms with Gasteiger partial charge in [0.25, 0.3) is 5.91 Å². The van der Waals surface area contributed by atoms with Gasteiger partial charge in [-0.2, -0.15) is 10.4 Å². The Morgan fingerprint density at radius 2 is 2.00 bits per heavy atom. The van der Waals surface area contributed by atoms with Crippen LogP contribution in [0.4, 0.5) is 0 Å². The zero-order chi connectivity index (χ0) is 19.9. The SMILES string of the molecule is N#Cc1ccccc1OCC(=O)NN=Cc1ccc(-c2ccc(Cl)c(Cl)c2)o1. The number of nitrogens with one attached hydrogen (secondary N) is 1. The lowest BCUT2D eigenvalue weighted by atomic mass is 10.2. The number of hydrogen-bond donors (Lipinski definition) is 1. The van der Waals surface area contributed by atoms with E-state index < -0.39 is 5.91 Å². The maximum absolute atomic E-state index is 11.8. The zero-order valence-electron chi connectivity index (χ0n) is 14.4. The highest BCUT2D eigenvalue weighted by molar-refractivity contribution is 6.42. The maximum Gasteiger partial charge on any atom is 0.277 e. The van der Waals surface area contributed by atoms with E-state index in [-0.39, 0.29) is 6.61 Å². The average Bonchev–Trinajstić information content (AvgIpc) is 3.17. The van der Waals surface area contributed by atoms with Crippen molar-refractivity contribution in [3.63, 3.8) is 0 Å². The molecular formula is C20H13Cl2N3O3. The highest BCUT2D eigenvalue weighted by Gasteiger charge is 2.07. The summed E-state index contributed by atoms with van der Waals surface area (Å²) in [7, 11) is 0. The van der Waals surface area contributed by atoms with Crippen LogP contribution in [0, 0.1) is 11.3 Å². The van der Waals surface area contributed by atoms with E-state index in [0.29, 0.717) is 32.9 Å². The molecule has 0 spiro atoms. The molecule has 0 bridgehead atoms. The van der Waals surface area contributed by atoms with Crippen molar-refractivity contribution in [1.29, 1.82) is 5.26 Å². The van der Waals surface area contributed by atoms with Crippen LogP contribution in [0.15, 0.2) is 64.1 Å². The quantitative estimate of drug-likeness (QED) is 0.470. The van der Waals surface area contributed by atoms with Crippen LogP contribution < -0.4 is 10.2 Å². The van der Waals surface area contributed by atoms with Gasteiger partial charge in [-0.3, -0.25) is 4.79 Å². The van der Waals surface area contributed by atoms with Gasteiger partial charge in [-0.15, -0.1) is 0 Å². The summed E-state index contributed by atoms with van der Waals surface area (Å²) in [5.74, 6) is 0.890. The van der Waals surface area contributed by atoms with Gasteiger partial charge in [0.05, 0.1) is 21.8 Å². The van der Waals surface area contributed by atoms with E-state index in [9.17, 15) is 4.79 Å². The minimum Gasteiger partial charge on any atom is -0.482 e. The second-order valence-corrected chi connectivity index (χ2v) is 6.34. The lowest BCUT2D eigenvalue weighted by molar-refractivity contribution is -0.123. The van der Waals surface area contributed by atoms with Gasteiger partial charge in [0, 0.05) is 5.56 Å². The molecule has 0 radical (unpaired) electrons. The molecule has 1 heterocycles. The van der Waals surface area contributed by atoms with Crippen molar-refractivity contribution in [2.45, 2.75) is 0 Å². The first-order valence-corrected chi connectivity index (χ1v) is 8.81. The van der Waals surface area contributed by atoms with Gasteiger partial charge in [0.15, 0.2) is 6.61 Å². The van der Waals surface area contributed by atoms with Gasteiger partial charge in [-0.05, 0) is 42.5 Å². The molecule has 6 nitrogen and oxygen atoms in total. The van der Waals surface area contributed by atoms with E-state index in [1.54, 1.807) is 54.6 Å². The Kier molecular flexibility index (Phi) is 6.33. The van der Waals surface area contributed by atoms with E-state index in [2.05, 4.69) is 10.5 Å². The molecule has 0 aliphatic rings. The van der Waals surface area contributed by atoms with Crippen molar-refractivity contribution in [2.75, 3.05) is 6.61 Å². The summed E-state index contributed by atoms with van der Waals surface area (Å²) in [6, 6.07) is 17.3. The number of furan rings is 1. The maximum atomic E-state index is 11.8.